The number of anilines is 12. The van der Waals surface area contributed by atoms with E-state index in [1.807, 2.05) is 0 Å². The third kappa shape index (κ3) is 12.1. The minimum Gasteiger partial charge on any atom is -0.311 e. The molecule has 0 spiro atoms. The molecule has 0 saturated heterocycles. The summed E-state index contributed by atoms with van der Waals surface area (Å²) in [6.07, 6.45) is 0. The van der Waals surface area contributed by atoms with Gasteiger partial charge in [0.25, 0.3) is 6.71 Å². The van der Waals surface area contributed by atoms with E-state index in [4.69, 9.17) is 0 Å². The zero-order chi connectivity index (χ0) is 68.6. The van der Waals surface area contributed by atoms with Crippen molar-refractivity contribution in [3.8, 4) is 44.5 Å². The summed E-state index contributed by atoms with van der Waals surface area (Å²) in [6.45, 7) is 29.4. The molecule has 0 aliphatic carbocycles. The molecule has 0 unspecified atom stereocenters. The Morgan fingerprint density at radius 2 is 0.616 bits per heavy atom. The molecule has 2 aliphatic heterocycles. The number of aryl methyl sites for hydroxylation is 4. The summed E-state index contributed by atoms with van der Waals surface area (Å²) in [5.74, 6) is 0. The lowest BCUT2D eigenvalue weighted by atomic mass is 9.33. The zero-order valence-corrected chi connectivity index (χ0v) is 59.6. The lowest BCUT2D eigenvalue weighted by Crippen LogP contribution is -2.61. The SMILES string of the molecule is Cc1ccc(N(c2ccc(C)cc2)c2ccc3c(c2)N(c2ccc(C(C)(C)C)cc2-c2ccccc2)c2cc(-c4ccc(C(C)(C)C)cc4)cc4c2B3c2ccc(N(c3ccc(C)cc3)c3ccc(C)cc3-c3ccccc3)cc2N4c2ccc(C(C)(C)C)cc2-c2ccccc2)cc1. The quantitative estimate of drug-likeness (QED) is 0.113. The number of benzene rings is 13. The van der Waals surface area contributed by atoms with Gasteiger partial charge in [0.15, 0.2) is 0 Å². The molecule has 2 aliphatic rings. The number of rotatable bonds is 12. The second kappa shape index (κ2) is 25.2. The lowest BCUT2D eigenvalue weighted by Gasteiger charge is -2.46. The number of hydrogen-bond donors (Lipinski definition) is 0. The molecule has 0 atom stereocenters. The van der Waals surface area contributed by atoms with E-state index < -0.39 is 0 Å². The highest BCUT2D eigenvalue weighted by Crippen LogP contribution is 2.53. The first-order chi connectivity index (χ1) is 47.6. The van der Waals surface area contributed by atoms with E-state index in [0.717, 1.165) is 90.5 Å². The number of hydrogen-bond acceptors (Lipinski definition) is 4. The summed E-state index contributed by atoms with van der Waals surface area (Å²) in [6, 6.07) is 111. The normalized spacial score (nSPS) is 12.6. The molecular weight excluding hydrogens is 1200 g/mol. The van der Waals surface area contributed by atoms with Gasteiger partial charge in [-0.15, -0.1) is 0 Å². The summed E-state index contributed by atoms with van der Waals surface area (Å²) in [5.41, 5.74) is 34.6. The summed E-state index contributed by atoms with van der Waals surface area (Å²) in [5, 5.41) is 0. The van der Waals surface area contributed by atoms with E-state index >= 15 is 0 Å². The Morgan fingerprint density at radius 3 is 1.03 bits per heavy atom. The minimum absolute atomic E-state index is 0.0396. The Kier molecular flexibility index (Phi) is 16.3. The van der Waals surface area contributed by atoms with E-state index in [9.17, 15) is 0 Å². The molecule has 13 aromatic rings. The molecule has 0 bridgehead atoms. The molecule has 0 aromatic heterocycles. The van der Waals surface area contributed by atoms with Crippen molar-refractivity contribution in [2.75, 3.05) is 19.6 Å². The van der Waals surface area contributed by atoms with Crippen molar-refractivity contribution in [3.05, 3.63) is 330 Å². The molecule has 15 rings (SSSR count). The van der Waals surface area contributed by atoms with Crippen LogP contribution in [0, 0.1) is 27.7 Å². The molecular formula is C94H87BN4. The van der Waals surface area contributed by atoms with Gasteiger partial charge in [-0.05, 0) is 214 Å². The molecule has 4 nitrogen and oxygen atoms in total. The van der Waals surface area contributed by atoms with Gasteiger partial charge in [0.05, 0.1) is 17.1 Å². The first-order valence-electron chi connectivity index (χ1n) is 35.2. The fourth-order valence-corrected chi connectivity index (χ4v) is 14.8. The van der Waals surface area contributed by atoms with Crippen molar-refractivity contribution in [2.24, 2.45) is 0 Å². The van der Waals surface area contributed by atoms with Crippen LogP contribution in [0.4, 0.5) is 68.2 Å². The Labute approximate surface area is 588 Å². The zero-order valence-electron chi connectivity index (χ0n) is 59.6. The van der Waals surface area contributed by atoms with Gasteiger partial charge in [0.2, 0.25) is 0 Å². The first kappa shape index (κ1) is 64.1. The third-order valence-corrected chi connectivity index (χ3v) is 20.4. The molecule has 13 aromatic carbocycles. The van der Waals surface area contributed by atoms with Crippen LogP contribution in [0.3, 0.4) is 0 Å². The van der Waals surface area contributed by atoms with Crippen LogP contribution in [-0.2, 0) is 16.2 Å². The Hall–Kier alpha value is -10.9. The van der Waals surface area contributed by atoms with Crippen molar-refractivity contribution in [1.29, 1.82) is 0 Å². The summed E-state index contributed by atoms with van der Waals surface area (Å²) in [4.78, 5) is 10.2. The van der Waals surface area contributed by atoms with Crippen molar-refractivity contribution < 1.29 is 0 Å². The van der Waals surface area contributed by atoms with Crippen molar-refractivity contribution in [2.45, 2.75) is 106 Å². The van der Waals surface area contributed by atoms with Gasteiger partial charge < -0.3 is 19.6 Å². The summed E-state index contributed by atoms with van der Waals surface area (Å²) in [7, 11) is 0. The van der Waals surface area contributed by atoms with Crippen LogP contribution in [0.2, 0.25) is 0 Å². The monoisotopic (exact) mass is 1280 g/mol. The maximum Gasteiger partial charge on any atom is 0.252 e. The van der Waals surface area contributed by atoms with E-state index in [1.54, 1.807) is 0 Å². The van der Waals surface area contributed by atoms with Gasteiger partial charge in [-0.25, -0.2) is 0 Å². The average molecular weight is 1280 g/mol. The van der Waals surface area contributed by atoms with E-state index in [-0.39, 0.29) is 23.0 Å². The highest BCUT2D eigenvalue weighted by atomic mass is 15.2. The van der Waals surface area contributed by atoms with E-state index in [2.05, 4.69) is 401 Å². The first-order valence-corrected chi connectivity index (χ1v) is 35.2. The van der Waals surface area contributed by atoms with Gasteiger partial charge in [-0.1, -0.05) is 267 Å². The number of nitrogens with zero attached hydrogens (tertiary/aromatic N) is 4. The molecule has 0 amide bonds. The van der Waals surface area contributed by atoms with Crippen LogP contribution in [0.25, 0.3) is 44.5 Å². The standard InChI is InChI=1S/C94H87BN4/c1-62-29-42-74(43-30-62)96(75-44-31-63(2)32-45-75)77-48-50-82-87(60-77)98(85-53-40-72(93(8,9)10)58-80(85)68-25-19-15-20-26-68)89-56-70(66-36-38-71(39-37-66)92(5,6)7)57-90-91(89)95(82)83-51-49-78(61-88(83)99(90)86-54-41-73(94(11,12)13)59-81(86)69-27-21-16-22-28-69)97(76-46-33-64(3)34-47-76)84-52-35-65(4)55-79(84)67-23-17-14-18-24-67/h14-61H,1-13H3. The van der Waals surface area contributed by atoms with Gasteiger partial charge in [0, 0.05) is 67.9 Å². The highest BCUT2D eigenvalue weighted by Gasteiger charge is 2.45. The molecule has 0 radical (unpaired) electrons. The van der Waals surface area contributed by atoms with Crippen molar-refractivity contribution in [3.63, 3.8) is 0 Å². The predicted molar refractivity (Wildman–Crippen MR) is 427 cm³/mol. The highest BCUT2D eigenvalue weighted by molar-refractivity contribution is 7.00. The third-order valence-electron chi connectivity index (χ3n) is 20.4. The molecule has 0 N–H and O–H groups in total. The average Bonchev–Trinajstić information content (AvgIpc) is 0.691. The number of fused-ring (bicyclic) bond motifs is 4. The molecule has 2 heterocycles. The van der Waals surface area contributed by atoms with Crippen LogP contribution < -0.4 is 36.0 Å². The summed E-state index contributed by atoms with van der Waals surface area (Å²) < 4.78 is 0. The maximum atomic E-state index is 2.66. The van der Waals surface area contributed by atoms with E-state index in [1.165, 1.54) is 77.6 Å². The van der Waals surface area contributed by atoms with Gasteiger partial charge in [-0.3, -0.25) is 0 Å². The smallest absolute Gasteiger partial charge is 0.252 e. The molecule has 5 heteroatoms. The van der Waals surface area contributed by atoms with Crippen LogP contribution in [-0.4, -0.2) is 6.71 Å². The van der Waals surface area contributed by atoms with Gasteiger partial charge in [-0.2, -0.15) is 0 Å². The summed E-state index contributed by atoms with van der Waals surface area (Å²) >= 11 is 0. The Balaban J connectivity index is 1.10. The van der Waals surface area contributed by atoms with E-state index in [0.29, 0.717) is 0 Å². The maximum absolute atomic E-state index is 2.66. The second-order valence-corrected chi connectivity index (χ2v) is 30.6. The minimum atomic E-state index is -0.227. The topological polar surface area (TPSA) is 13.0 Å². The molecule has 0 saturated carbocycles. The van der Waals surface area contributed by atoms with Crippen molar-refractivity contribution in [1.82, 2.24) is 0 Å². The lowest BCUT2D eigenvalue weighted by molar-refractivity contribution is 0.590. The Morgan fingerprint density at radius 1 is 0.253 bits per heavy atom. The largest absolute Gasteiger partial charge is 0.311 e. The predicted octanol–water partition coefficient (Wildman–Crippen LogP) is 24.5. The van der Waals surface area contributed by atoms with Crippen LogP contribution in [0.5, 0.6) is 0 Å². The van der Waals surface area contributed by atoms with Crippen LogP contribution >= 0.6 is 0 Å². The van der Waals surface area contributed by atoms with Crippen molar-refractivity contribution >= 4 is 91.3 Å². The molecule has 0 fully saturated rings. The fraction of sp³-hybridized carbons (Fsp3) is 0.170. The van der Waals surface area contributed by atoms with Gasteiger partial charge >= 0.3 is 0 Å². The Bertz CT molecular complexity index is 5110. The van der Waals surface area contributed by atoms with Crippen LogP contribution in [0.15, 0.2) is 291 Å². The fourth-order valence-electron chi connectivity index (χ4n) is 14.8. The van der Waals surface area contributed by atoms with Crippen LogP contribution in [0.1, 0.15) is 101 Å². The molecule has 486 valence electrons. The van der Waals surface area contributed by atoms with Gasteiger partial charge in [0.1, 0.15) is 0 Å². The second-order valence-electron chi connectivity index (χ2n) is 30.6. The molecule has 99 heavy (non-hydrogen) atoms.